The van der Waals surface area contributed by atoms with Crippen molar-refractivity contribution in [3.8, 4) is 27.9 Å². The first kappa shape index (κ1) is 14.3. The lowest BCUT2D eigenvalue weighted by atomic mass is 10.1. The van der Waals surface area contributed by atoms with Crippen molar-refractivity contribution in [1.82, 2.24) is 9.55 Å². The van der Waals surface area contributed by atoms with E-state index in [0.717, 1.165) is 34.2 Å². The molecule has 112 valence electrons. The van der Waals surface area contributed by atoms with Crippen molar-refractivity contribution in [2.75, 3.05) is 14.2 Å². The monoisotopic (exact) mass is 314 g/mol. The highest BCUT2D eigenvalue weighted by molar-refractivity contribution is 7.12. The van der Waals surface area contributed by atoms with Gasteiger partial charge in [-0.3, -0.25) is 9.36 Å². The Morgan fingerprint density at radius 3 is 2.82 bits per heavy atom. The van der Waals surface area contributed by atoms with E-state index in [1.54, 1.807) is 24.9 Å². The van der Waals surface area contributed by atoms with E-state index in [0.29, 0.717) is 5.69 Å². The third kappa shape index (κ3) is 2.48. The van der Waals surface area contributed by atoms with Gasteiger partial charge >= 0.3 is 0 Å². The third-order valence-corrected chi connectivity index (χ3v) is 4.12. The zero-order chi connectivity index (χ0) is 15.5. The first-order valence-electron chi connectivity index (χ1n) is 6.57. The van der Waals surface area contributed by atoms with Gasteiger partial charge in [-0.2, -0.15) is 0 Å². The molecule has 22 heavy (non-hydrogen) atoms. The topological polar surface area (TPSA) is 53.4 Å². The van der Waals surface area contributed by atoms with Crippen LogP contribution >= 0.6 is 11.3 Å². The molecule has 6 heteroatoms. The number of ether oxygens (including phenoxy) is 2. The van der Waals surface area contributed by atoms with Gasteiger partial charge in [0.15, 0.2) is 11.4 Å². The molecule has 0 bridgehead atoms. The summed E-state index contributed by atoms with van der Waals surface area (Å²) in [6, 6.07) is 9.14. The number of hydrogen-bond acceptors (Lipinski definition) is 5. The molecule has 0 aliphatic heterocycles. The molecule has 1 aromatic carbocycles. The maximum atomic E-state index is 11.0. The molecule has 0 saturated carbocycles. The minimum Gasteiger partial charge on any atom is -0.497 e. The van der Waals surface area contributed by atoms with Gasteiger partial charge in [0, 0.05) is 17.1 Å². The Labute approximate surface area is 131 Å². The molecular weight excluding hydrogens is 300 g/mol. The highest BCUT2D eigenvalue weighted by atomic mass is 32.1. The standard InChI is InChI=1S/C16H14N2O3S/c1-20-12-5-6-15(21-2)13(8-12)14-10-22-16(17-14)18-7-3-4-11(18)9-19/h3-10H,1-2H3. The lowest BCUT2D eigenvalue weighted by Gasteiger charge is -2.08. The molecule has 0 saturated heterocycles. The molecule has 0 spiro atoms. The Morgan fingerprint density at radius 2 is 2.09 bits per heavy atom. The van der Waals surface area contributed by atoms with Crippen LogP contribution < -0.4 is 9.47 Å². The van der Waals surface area contributed by atoms with Gasteiger partial charge in [0.25, 0.3) is 0 Å². The van der Waals surface area contributed by atoms with Crippen LogP contribution in [-0.4, -0.2) is 30.1 Å². The van der Waals surface area contributed by atoms with Crippen LogP contribution in [0.5, 0.6) is 11.5 Å². The van der Waals surface area contributed by atoms with E-state index in [9.17, 15) is 4.79 Å². The predicted molar refractivity (Wildman–Crippen MR) is 85.4 cm³/mol. The number of aldehydes is 1. The molecule has 3 rings (SSSR count). The summed E-state index contributed by atoms with van der Waals surface area (Å²) in [5.41, 5.74) is 2.20. The lowest BCUT2D eigenvalue weighted by molar-refractivity contribution is 0.111. The molecule has 0 aliphatic rings. The number of nitrogens with zero attached hydrogens (tertiary/aromatic N) is 2. The summed E-state index contributed by atoms with van der Waals surface area (Å²) in [5.74, 6) is 1.46. The van der Waals surface area contributed by atoms with Crippen molar-refractivity contribution in [1.29, 1.82) is 0 Å². The fourth-order valence-corrected chi connectivity index (χ4v) is 3.00. The van der Waals surface area contributed by atoms with Crippen molar-refractivity contribution in [3.05, 3.63) is 47.6 Å². The molecule has 5 nitrogen and oxygen atoms in total. The zero-order valence-electron chi connectivity index (χ0n) is 12.1. The summed E-state index contributed by atoms with van der Waals surface area (Å²) in [4.78, 5) is 15.6. The van der Waals surface area contributed by atoms with E-state index in [1.165, 1.54) is 11.3 Å². The molecule has 2 aromatic heterocycles. The average Bonchev–Trinajstić information content (AvgIpc) is 3.22. The minimum absolute atomic E-state index is 0.568. The smallest absolute Gasteiger partial charge is 0.194 e. The van der Waals surface area contributed by atoms with E-state index in [4.69, 9.17) is 9.47 Å². The summed E-state index contributed by atoms with van der Waals surface area (Å²) < 4.78 is 12.4. The molecule has 3 aromatic rings. The predicted octanol–water partition coefficient (Wildman–Crippen LogP) is 3.43. The Morgan fingerprint density at radius 1 is 1.23 bits per heavy atom. The summed E-state index contributed by atoms with van der Waals surface area (Å²) in [7, 11) is 3.24. The third-order valence-electron chi connectivity index (χ3n) is 3.28. The maximum Gasteiger partial charge on any atom is 0.194 e. The van der Waals surface area contributed by atoms with Crippen molar-refractivity contribution in [3.63, 3.8) is 0 Å². The lowest BCUT2D eigenvalue weighted by Crippen LogP contribution is -1.97. The summed E-state index contributed by atoms with van der Waals surface area (Å²) in [6.07, 6.45) is 2.63. The SMILES string of the molecule is COc1ccc(OC)c(-c2csc(-n3cccc3C=O)n2)c1. The molecule has 0 amide bonds. The number of carbonyl (C=O) groups excluding carboxylic acids is 1. The summed E-state index contributed by atoms with van der Waals surface area (Å²) in [5, 5.41) is 2.66. The van der Waals surface area contributed by atoms with Crippen molar-refractivity contribution in [2.24, 2.45) is 0 Å². The van der Waals surface area contributed by atoms with Gasteiger partial charge in [-0.25, -0.2) is 4.98 Å². The quantitative estimate of drug-likeness (QED) is 0.677. The molecule has 0 radical (unpaired) electrons. The second kappa shape index (κ2) is 6.03. The molecule has 0 unspecified atom stereocenters. The van der Waals surface area contributed by atoms with Crippen molar-refractivity contribution in [2.45, 2.75) is 0 Å². The Hall–Kier alpha value is -2.60. The second-order valence-corrected chi connectivity index (χ2v) is 5.34. The van der Waals surface area contributed by atoms with E-state index in [2.05, 4.69) is 4.98 Å². The van der Waals surface area contributed by atoms with Crippen molar-refractivity contribution < 1.29 is 14.3 Å². The Kier molecular flexibility index (Phi) is 3.93. The second-order valence-electron chi connectivity index (χ2n) is 4.50. The summed E-state index contributed by atoms with van der Waals surface area (Å²) >= 11 is 1.46. The number of rotatable bonds is 5. The largest absolute Gasteiger partial charge is 0.497 e. The number of methoxy groups -OCH3 is 2. The van der Waals surface area contributed by atoms with Gasteiger partial charge in [0.2, 0.25) is 0 Å². The molecule has 0 N–H and O–H groups in total. The number of thiazole rings is 1. The highest BCUT2D eigenvalue weighted by Gasteiger charge is 2.13. The molecular formula is C16H14N2O3S. The Balaban J connectivity index is 2.06. The molecule has 0 atom stereocenters. The van der Waals surface area contributed by atoms with Gasteiger partial charge in [-0.1, -0.05) is 0 Å². The van der Waals surface area contributed by atoms with Crippen LogP contribution in [0.25, 0.3) is 16.4 Å². The van der Waals surface area contributed by atoms with Crippen molar-refractivity contribution >= 4 is 17.6 Å². The van der Waals surface area contributed by atoms with Gasteiger partial charge in [0.05, 0.1) is 25.6 Å². The van der Waals surface area contributed by atoms with E-state index in [1.807, 2.05) is 35.8 Å². The number of carbonyl (C=O) groups is 1. The van der Waals surface area contributed by atoms with Crippen LogP contribution in [0.2, 0.25) is 0 Å². The molecule has 0 fully saturated rings. The maximum absolute atomic E-state index is 11.0. The van der Waals surface area contributed by atoms with E-state index in [-0.39, 0.29) is 0 Å². The van der Waals surface area contributed by atoms with Gasteiger partial charge < -0.3 is 9.47 Å². The first-order chi connectivity index (χ1) is 10.8. The van der Waals surface area contributed by atoms with E-state index >= 15 is 0 Å². The van der Waals surface area contributed by atoms with Crippen LogP contribution in [0.3, 0.4) is 0 Å². The molecule has 2 heterocycles. The van der Waals surface area contributed by atoms with Crippen LogP contribution in [0.15, 0.2) is 41.9 Å². The first-order valence-corrected chi connectivity index (χ1v) is 7.45. The normalized spacial score (nSPS) is 10.5. The number of hydrogen-bond donors (Lipinski definition) is 0. The average molecular weight is 314 g/mol. The zero-order valence-corrected chi connectivity index (χ0v) is 13.0. The Bertz CT molecular complexity index is 807. The van der Waals surface area contributed by atoms with Crippen LogP contribution in [0, 0.1) is 0 Å². The fourth-order valence-electron chi connectivity index (χ4n) is 2.18. The van der Waals surface area contributed by atoms with E-state index < -0.39 is 0 Å². The van der Waals surface area contributed by atoms with Crippen LogP contribution in [-0.2, 0) is 0 Å². The number of aromatic nitrogens is 2. The van der Waals surface area contributed by atoms with Gasteiger partial charge in [-0.15, -0.1) is 11.3 Å². The van der Waals surface area contributed by atoms with Gasteiger partial charge in [-0.05, 0) is 30.3 Å². The highest BCUT2D eigenvalue weighted by Crippen LogP contribution is 2.34. The fraction of sp³-hybridized carbons (Fsp3) is 0.125. The summed E-state index contributed by atoms with van der Waals surface area (Å²) in [6.45, 7) is 0. The molecule has 0 aliphatic carbocycles. The van der Waals surface area contributed by atoms with Crippen LogP contribution in [0.1, 0.15) is 10.5 Å². The minimum atomic E-state index is 0.568. The number of benzene rings is 1. The van der Waals surface area contributed by atoms with Gasteiger partial charge in [0.1, 0.15) is 11.5 Å². The van der Waals surface area contributed by atoms with Crippen LogP contribution in [0.4, 0.5) is 0 Å².